The van der Waals surface area contributed by atoms with Crippen LogP contribution >= 0.6 is 11.6 Å². The smallest absolute Gasteiger partial charge is 0.374 e. The Hall–Kier alpha value is -1.66. The van der Waals surface area contributed by atoms with E-state index in [-0.39, 0.29) is 5.02 Å². The van der Waals surface area contributed by atoms with Gasteiger partial charge in [-0.15, -0.1) is 0 Å². The molecule has 0 aromatic heterocycles. The molecule has 7 heteroatoms. The van der Waals surface area contributed by atoms with Crippen LogP contribution in [0.5, 0.6) is 0 Å². The van der Waals surface area contributed by atoms with Gasteiger partial charge in [0.05, 0.1) is 0 Å². The Morgan fingerprint density at radius 2 is 1.39 bits per heavy atom. The SMILES string of the molecule is Cc1cccc(C(O)(c2cccc(Cl)c2)C(F)(F)C(F)(F)F)c1. The molecule has 0 saturated carbocycles. The lowest BCUT2D eigenvalue weighted by Gasteiger charge is -2.37. The van der Waals surface area contributed by atoms with Gasteiger partial charge in [0.25, 0.3) is 0 Å². The molecule has 1 unspecified atom stereocenters. The van der Waals surface area contributed by atoms with Gasteiger partial charge in [0.2, 0.25) is 0 Å². The maximum Gasteiger partial charge on any atom is 0.457 e. The summed E-state index contributed by atoms with van der Waals surface area (Å²) < 4.78 is 67.3. The summed E-state index contributed by atoms with van der Waals surface area (Å²) in [5.41, 5.74) is -4.37. The Balaban J connectivity index is 2.80. The highest BCUT2D eigenvalue weighted by molar-refractivity contribution is 6.30. The van der Waals surface area contributed by atoms with Crippen LogP contribution in [0.2, 0.25) is 5.02 Å². The van der Waals surface area contributed by atoms with Gasteiger partial charge in [-0.2, -0.15) is 22.0 Å². The van der Waals surface area contributed by atoms with Crippen molar-refractivity contribution in [2.45, 2.75) is 24.6 Å². The van der Waals surface area contributed by atoms with E-state index < -0.39 is 28.8 Å². The second kappa shape index (κ2) is 5.76. The van der Waals surface area contributed by atoms with Gasteiger partial charge in [0.1, 0.15) is 0 Å². The molecule has 23 heavy (non-hydrogen) atoms. The number of halogens is 6. The molecule has 0 spiro atoms. The second-order valence-electron chi connectivity index (χ2n) is 5.16. The van der Waals surface area contributed by atoms with Gasteiger partial charge >= 0.3 is 12.1 Å². The van der Waals surface area contributed by atoms with Crippen molar-refractivity contribution in [3.8, 4) is 0 Å². The van der Waals surface area contributed by atoms with Crippen LogP contribution in [-0.4, -0.2) is 17.2 Å². The van der Waals surface area contributed by atoms with Gasteiger partial charge in [-0.1, -0.05) is 53.6 Å². The fourth-order valence-corrected chi connectivity index (χ4v) is 2.51. The summed E-state index contributed by atoms with van der Waals surface area (Å²) in [6.07, 6.45) is -5.95. The fraction of sp³-hybridized carbons (Fsp3) is 0.250. The fourth-order valence-electron chi connectivity index (χ4n) is 2.32. The van der Waals surface area contributed by atoms with Crippen LogP contribution in [0, 0.1) is 6.92 Å². The Labute approximate surface area is 134 Å². The highest BCUT2D eigenvalue weighted by Gasteiger charge is 2.71. The summed E-state index contributed by atoms with van der Waals surface area (Å²) in [7, 11) is 0. The first-order valence-electron chi connectivity index (χ1n) is 6.50. The highest BCUT2D eigenvalue weighted by Crippen LogP contribution is 2.52. The molecule has 0 aliphatic heterocycles. The summed E-state index contributed by atoms with van der Waals surface area (Å²) in [6.45, 7) is 1.52. The molecule has 2 aromatic carbocycles. The van der Waals surface area contributed by atoms with Gasteiger partial charge in [0, 0.05) is 5.02 Å². The number of hydrogen-bond donors (Lipinski definition) is 1. The van der Waals surface area contributed by atoms with Crippen molar-refractivity contribution in [3.05, 3.63) is 70.2 Å². The molecule has 1 N–H and O–H groups in total. The summed E-state index contributed by atoms with van der Waals surface area (Å²) in [5.74, 6) is -5.42. The molecular formula is C16H12ClF5O. The van der Waals surface area contributed by atoms with E-state index in [9.17, 15) is 27.1 Å². The third-order valence-corrected chi connectivity index (χ3v) is 3.72. The van der Waals surface area contributed by atoms with E-state index >= 15 is 0 Å². The van der Waals surface area contributed by atoms with Crippen molar-refractivity contribution < 1.29 is 27.1 Å². The molecule has 2 aromatic rings. The lowest BCUT2D eigenvalue weighted by molar-refractivity contribution is -0.336. The molecular weight excluding hydrogens is 339 g/mol. The van der Waals surface area contributed by atoms with Crippen molar-refractivity contribution in [2.75, 3.05) is 0 Å². The van der Waals surface area contributed by atoms with E-state index in [1.165, 1.54) is 31.2 Å². The minimum Gasteiger partial charge on any atom is -0.374 e. The molecule has 1 nitrogen and oxygen atoms in total. The molecule has 1 atom stereocenters. The van der Waals surface area contributed by atoms with Crippen LogP contribution in [0.3, 0.4) is 0 Å². The molecule has 0 fully saturated rings. The number of benzene rings is 2. The second-order valence-corrected chi connectivity index (χ2v) is 5.60. The molecule has 0 radical (unpaired) electrons. The lowest BCUT2D eigenvalue weighted by atomic mass is 9.80. The van der Waals surface area contributed by atoms with E-state index in [0.717, 1.165) is 24.3 Å². The van der Waals surface area contributed by atoms with Gasteiger partial charge in [-0.3, -0.25) is 0 Å². The minimum atomic E-state index is -5.95. The Bertz CT molecular complexity index is 666. The van der Waals surface area contributed by atoms with Crippen LogP contribution in [0.1, 0.15) is 16.7 Å². The first-order chi connectivity index (χ1) is 10.5. The topological polar surface area (TPSA) is 20.2 Å². The third kappa shape index (κ3) is 2.93. The number of rotatable bonds is 3. The largest absolute Gasteiger partial charge is 0.457 e. The number of hydrogen-bond acceptors (Lipinski definition) is 1. The van der Waals surface area contributed by atoms with Crippen molar-refractivity contribution in [1.29, 1.82) is 0 Å². The Morgan fingerprint density at radius 1 is 0.870 bits per heavy atom. The zero-order valence-electron chi connectivity index (χ0n) is 11.8. The summed E-state index contributed by atoms with van der Waals surface area (Å²) >= 11 is 5.70. The van der Waals surface area contributed by atoms with Gasteiger partial charge in [-0.25, -0.2) is 0 Å². The molecule has 0 aliphatic rings. The Kier molecular flexibility index (Phi) is 4.43. The summed E-state index contributed by atoms with van der Waals surface area (Å²) in [6, 6.07) is 9.31. The summed E-state index contributed by atoms with van der Waals surface area (Å²) in [4.78, 5) is 0. The number of alkyl halides is 5. The number of aliphatic hydroxyl groups is 1. The van der Waals surface area contributed by atoms with Gasteiger partial charge in [-0.05, 0) is 30.2 Å². The van der Waals surface area contributed by atoms with E-state index in [1.54, 1.807) is 0 Å². The average molecular weight is 351 g/mol. The normalized spacial score (nSPS) is 15.3. The molecule has 0 aliphatic carbocycles. The standard InChI is InChI=1S/C16H12ClF5O/c1-10-4-2-5-11(8-10)14(23,15(18,19)16(20,21)22)12-6-3-7-13(17)9-12/h2-9,23H,1H3. The predicted molar refractivity (Wildman–Crippen MR) is 76.6 cm³/mol. The van der Waals surface area contributed by atoms with Crippen LogP contribution in [0.15, 0.2) is 48.5 Å². The average Bonchev–Trinajstić information content (AvgIpc) is 2.45. The zero-order chi connectivity index (χ0) is 17.5. The van der Waals surface area contributed by atoms with Crippen LogP contribution in [-0.2, 0) is 5.60 Å². The van der Waals surface area contributed by atoms with Gasteiger partial charge in [0.15, 0.2) is 5.60 Å². The van der Waals surface area contributed by atoms with Gasteiger partial charge < -0.3 is 5.11 Å². The third-order valence-electron chi connectivity index (χ3n) is 3.49. The molecule has 0 saturated heterocycles. The zero-order valence-corrected chi connectivity index (χ0v) is 12.6. The predicted octanol–water partition coefficient (Wildman–Crippen LogP) is 5.08. The van der Waals surface area contributed by atoms with Crippen LogP contribution in [0.25, 0.3) is 0 Å². The van der Waals surface area contributed by atoms with Crippen molar-refractivity contribution in [1.82, 2.24) is 0 Å². The van der Waals surface area contributed by atoms with E-state index in [0.29, 0.717) is 5.56 Å². The maximum atomic E-state index is 14.2. The molecule has 2 rings (SSSR count). The van der Waals surface area contributed by atoms with E-state index in [1.807, 2.05) is 0 Å². The first-order valence-corrected chi connectivity index (χ1v) is 6.88. The minimum absolute atomic E-state index is 0.0634. The Morgan fingerprint density at radius 3 is 1.87 bits per heavy atom. The first kappa shape index (κ1) is 17.7. The van der Waals surface area contributed by atoms with Crippen LogP contribution < -0.4 is 0 Å². The van der Waals surface area contributed by atoms with E-state index in [4.69, 9.17) is 11.6 Å². The van der Waals surface area contributed by atoms with Crippen molar-refractivity contribution in [2.24, 2.45) is 0 Å². The molecule has 0 amide bonds. The quantitative estimate of drug-likeness (QED) is 0.765. The monoisotopic (exact) mass is 350 g/mol. The van der Waals surface area contributed by atoms with Crippen molar-refractivity contribution in [3.63, 3.8) is 0 Å². The molecule has 0 bridgehead atoms. The molecule has 124 valence electrons. The van der Waals surface area contributed by atoms with Crippen molar-refractivity contribution >= 4 is 11.6 Å². The highest BCUT2D eigenvalue weighted by atomic mass is 35.5. The number of aryl methyl sites for hydroxylation is 1. The summed E-state index contributed by atoms with van der Waals surface area (Å²) in [5, 5.41) is 10.5. The maximum absolute atomic E-state index is 14.2. The van der Waals surface area contributed by atoms with E-state index in [2.05, 4.69) is 0 Å². The van der Waals surface area contributed by atoms with Crippen LogP contribution in [0.4, 0.5) is 22.0 Å². The molecule has 0 heterocycles. The lowest BCUT2D eigenvalue weighted by Crippen LogP contribution is -2.55.